The number of carbonyl (C=O) groups excluding carboxylic acids is 1. The van der Waals surface area contributed by atoms with Crippen LogP contribution in [0.2, 0.25) is 0 Å². The second kappa shape index (κ2) is 9.17. The van der Waals surface area contributed by atoms with Crippen molar-refractivity contribution in [3.63, 3.8) is 0 Å². The van der Waals surface area contributed by atoms with E-state index in [2.05, 4.69) is 20.4 Å². The van der Waals surface area contributed by atoms with Crippen LogP contribution in [0.3, 0.4) is 0 Å². The standard InChI is InChI=1S/C23H25FN4O2/c1-16(17-7-3-2-4-8-17)25-21(29)15-28-12-6-10-19(14-28)23-26-22(27-30-23)18-9-5-11-20(24)13-18/h2-5,7-9,11,13,16,19H,6,10,12,14-15H2,1H3,(H,25,29). The number of carbonyl (C=O) groups is 1. The number of likely N-dealkylation sites (tertiary alicyclic amines) is 1. The first-order valence-corrected chi connectivity index (χ1v) is 10.2. The van der Waals surface area contributed by atoms with Gasteiger partial charge in [-0.2, -0.15) is 4.98 Å². The van der Waals surface area contributed by atoms with Crippen molar-refractivity contribution < 1.29 is 13.7 Å². The molecule has 7 heteroatoms. The number of halogens is 1. The van der Waals surface area contributed by atoms with E-state index in [1.807, 2.05) is 37.3 Å². The van der Waals surface area contributed by atoms with Gasteiger partial charge in [-0.05, 0) is 44.0 Å². The van der Waals surface area contributed by atoms with Crippen LogP contribution in [0.15, 0.2) is 59.1 Å². The Kier molecular flexibility index (Phi) is 6.18. The van der Waals surface area contributed by atoms with Gasteiger partial charge < -0.3 is 9.84 Å². The van der Waals surface area contributed by atoms with Crippen LogP contribution < -0.4 is 5.32 Å². The zero-order chi connectivity index (χ0) is 20.9. The molecule has 2 aromatic carbocycles. The highest BCUT2D eigenvalue weighted by Gasteiger charge is 2.27. The van der Waals surface area contributed by atoms with E-state index in [9.17, 15) is 9.18 Å². The minimum absolute atomic E-state index is 0.00187. The van der Waals surface area contributed by atoms with Gasteiger partial charge in [0.25, 0.3) is 0 Å². The van der Waals surface area contributed by atoms with Gasteiger partial charge in [0.1, 0.15) is 5.82 Å². The smallest absolute Gasteiger partial charge is 0.234 e. The van der Waals surface area contributed by atoms with Crippen molar-refractivity contribution in [2.24, 2.45) is 0 Å². The molecule has 3 aromatic rings. The quantitative estimate of drug-likeness (QED) is 0.669. The fraction of sp³-hybridized carbons (Fsp3) is 0.348. The minimum atomic E-state index is -0.335. The third kappa shape index (κ3) is 4.91. The Morgan fingerprint density at radius 3 is 2.90 bits per heavy atom. The molecule has 6 nitrogen and oxygen atoms in total. The lowest BCUT2D eigenvalue weighted by atomic mass is 9.98. The van der Waals surface area contributed by atoms with Crippen LogP contribution in [0.25, 0.3) is 11.4 Å². The molecule has 2 atom stereocenters. The SMILES string of the molecule is CC(NC(=O)CN1CCCC(c2nc(-c3cccc(F)c3)no2)C1)c1ccccc1. The third-order valence-electron chi connectivity index (χ3n) is 5.42. The lowest BCUT2D eigenvalue weighted by molar-refractivity contribution is -0.123. The lowest BCUT2D eigenvalue weighted by Gasteiger charge is -2.30. The molecule has 30 heavy (non-hydrogen) atoms. The molecular formula is C23H25FN4O2. The highest BCUT2D eigenvalue weighted by molar-refractivity contribution is 5.78. The summed E-state index contributed by atoms with van der Waals surface area (Å²) in [4.78, 5) is 19.1. The molecule has 1 amide bonds. The number of amides is 1. The summed E-state index contributed by atoms with van der Waals surface area (Å²) in [6.07, 6.45) is 1.87. The van der Waals surface area contributed by atoms with Gasteiger partial charge in [0, 0.05) is 12.1 Å². The number of hydrogen-bond acceptors (Lipinski definition) is 5. The zero-order valence-corrected chi connectivity index (χ0v) is 16.9. The van der Waals surface area contributed by atoms with Crippen LogP contribution in [0.1, 0.15) is 43.2 Å². The predicted molar refractivity (Wildman–Crippen MR) is 111 cm³/mol. The van der Waals surface area contributed by atoms with Crippen molar-refractivity contribution in [3.8, 4) is 11.4 Å². The van der Waals surface area contributed by atoms with Crippen molar-refractivity contribution >= 4 is 5.91 Å². The number of nitrogens with zero attached hydrogens (tertiary/aromatic N) is 3. The number of nitrogens with one attached hydrogen (secondary N) is 1. The first kappa shape index (κ1) is 20.2. The summed E-state index contributed by atoms with van der Waals surface area (Å²) in [5.41, 5.74) is 1.67. The third-order valence-corrected chi connectivity index (χ3v) is 5.42. The van der Waals surface area contributed by atoms with Crippen LogP contribution in [0, 0.1) is 5.82 Å². The van der Waals surface area contributed by atoms with E-state index in [-0.39, 0.29) is 23.7 Å². The molecule has 0 saturated carbocycles. The van der Waals surface area contributed by atoms with E-state index >= 15 is 0 Å². The summed E-state index contributed by atoms with van der Waals surface area (Å²) in [6, 6.07) is 16.0. The maximum absolute atomic E-state index is 13.5. The molecule has 1 saturated heterocycles. The van der Waals surface area contributed by atoms with Crippen molar-refractivity contribution in [3.05, 3.63) is 71.9 Å². The number of aromatic nitrogens is 2. The average molecular weight is 408 g/mol. The molecule has 0 spiro atoms. The second-order valence-corrected chi connectivity index (χ2v) is 7.74. The van der Waals surface area contributed by atoms with Gasteiger partial charge in [-0.25, -0.2) is 4.39 Å². The Morgan fingerprint density at radius 2 is 2.10 bits per heavy atom. The van der Waals surface area contributed by atoms with E-state index in [0.717, 1.165) is 24.9 Å². The molecule has 1 aliphatic heterocycles. The van der Waals surface area contributed by atoms with E-state index in [1.165, 1.54) is 12.1 Å². The first-order valence-electron chi connectivity index (χ1n) is 10.2. The summed E-state index contributed by atoms with van der Waals surface area (Å²) >= 11 is 0. The van der Waals surface area contributed by atoms with Gasteiger partial charge in [-0.1, -0.05) is 47.6 Å². The van der Waals surface area contributed by atoms with Crippen molar-refractivity contribution in [2.75, 3.05) is 19.6 Å². The fourth-order valence-electron chi connectivity index (χ4n) is 3.86. The number of rotatable bonds is 6. The van der Waals surface area contributed by atoms with Crippen molar-refractivity contribution in [1.82, 2.24) is 20.4 Å². The summed E-state index contributed by atoms with van der Waals surface area (Å²) in [5.74, 6) is 0.650. The molecule has 0 radical (unpaired) electrons. The summed E-state index contributed by atoms with van der Waals surface area (Å²) in [7, 11) is 0. The minimum Gasteiger partial charge on any atom is -0.348 e. The van der Waals surface area contributed by atoms with Crippen LogP contribution >= 0.6 is 0 Å². The molecule has 1 aromatic heterocycles. The lowest BCUT2D eigenvalue weighted by Crippen LogP contribution is -2.42. The van der Waals surface area contributed by atoms with Gasteiger partial charge in [0.15, 0.2) is 0 Å². The Balaban J connectivity index is 1.35. The van der Waals surface area contributed by atoms with Crippen LogP contribution in [0.5, 0.6) is 0 Å². The highest BCUT2D eigenvalue weighted by Crippen LogP contribution is 2.27. The van der Waals surface area contributed by atoms with E-state index in [0.29, 0.717) is 30.4 Å². The van der Waals surface area contributed by atoms with E-state index in [1.54, 1.807) is 12.1 Å². The molecule has 156 valence electrons. The van der Waals surface area contributed by atoms with Crippen LogP contribution in [0.4, 0.5) is 4.39 Å². The number of benzene rings is 2. The van der Waals surface area contributed by atoms with Crippen molar-refractivity contribution in [1.29, 1.82) is 0 Å². The normalized spacial score (nSPS) is 18.1. The topological polar surface area (TPSA) is 71.3 Å². The second-order valence-electron chi connectivity index (χ2n) is 7.74. The van der Waals surface area contributed by atoms with E-state index < -0.39 is 0 Å². The Hall–Kier alpha value is -3.06. The molecule has 0 bridgehead atoms. The summed E-state index contributed by atoms with van der Waals surface area (Å²) < 4.78 is 18.9. The first-order chi connectivity index (χ1) is 14.6. The molecule has 1 aliphatic rings. The monoisotopic (exact) mass is 408 g/mol. The van der Waals surface area contributed by atoms with Gasteiger partial charge in [-0.15, -0.1) is 0 Å². The molecule has 2 heterocycles. The summed E-state index contributed by atoms with van der Waals surface area (Å²) in [6.45, 7) is 3.85. The largest absolute Gasteiger partial charge is 0.348 e. The van der Waals surface area contributed by atoms with Gasteiger partial charge in [0.2, 0.25) is 17.6 Å². The summed E-state index contributed by atoms with van der Waals surface area (Å²) in [5, 5.41) is 7.07. The Bertz CT molecular complexity index is 992. The average Bonchev–Trinajstić information content (AvgIpc) is 3.25. The molecular weight excluding hydrogens is 383 g/mol. The Labute approximate surface area is 175 Å². The van der Waals surface area contributed by atoms with Crippen LogP contribution in [-0.4, -0.2) is 40.6 Å². The van der Waals surface area contributed by atoms with Gasteiger partial charge in [0.05, 0.1) is 18.5 Å². The number of hydrogen-bond donors (Lipinski definition) is 1. The van der Waals surface area contributed by atoms with Crippen LogP contribution in [-0.2, 0) is 4.79 Å². The maximum atomic E-state index is 13.5. The molecule has 1 N–H and O–H groups in total. The molecule has 4 rings (SSSR count). The molecule has 2 unspecified atom stereocenters. The fourth-order valence-corrected chi connectivity index (χ4v) is 3.86. The van der Waals surface area contributed by atoms with E-state index in [4.69, 9.17) is 4.52 Å². The molecule has 0 aliphatic carbocycles. The zero-order valence-electron chi connectivity index (χ0n) is 16.9. The maximum Gasteiger partial charge on any atom is 0.234 e. The van der Waals surface area contributed by atoms with Gasteiger partial charge in [-0.3, -0.25) is 9.69 Å². The molecule has 1 fully saturated rings. The van der Waals surface area contributed by atoms with Crippen molar-refractivity contribution in [2.45, 2.75) is 31.7 Å². The number of piperidine rings is 1. The Morgan fingerprint density at radius 1 is 1.27 bits per heavy atom. The highest BCUT2D eigenvalue weighted by atomic mass is 19.1. The van der Waals surface area contributed by atoms with Gasteiger partial charge >= 0.3 is 0 Å². The predicted octanol–water partition coefficient (Wildman–Crippen LogP) is 3.93.